The lowest BCUT2D eigenvalue weighted by atomic mass is 10.1. The molecule has 1 atom stereocenters. The van der Waals surface area contributed by atoms with Crippen molar-refractivity contribution in [2.45, 2.75) is 25.8 Å². The first-order valence-electron chi connectivity index (χ1n) is 5.30. The van der Waals surface area contributed by atoms with Crippen LogP contribution in [0.1, 0.15) is 18.5 Å². The van der Waals surface area contributed by atoms with Crippen molar-refractivity contribution in [3.8, 4) is 0 Å². The molecule has 8 heteroatoms. The van der Waals surface area contributed by atoms with Crippen LogP contribution in [0.25, 0.3) is 0 Å². The van der Waals surface area contributed by atoms with E-state index in [1.54, 1.807) is 6.92 Å². The van der Waals surface area contributed by atoms with Gasteiger partial charge in [-0.2, -0.15) is 4.98 Å². The summed E-state index contributed by atoms with van der Waals surface area (Å²) in [7, 11) is 0. The Bertz CT molecular complexity index is 520. The van der Waals surface area contributed by atoms with Gasteiger partial charge in [-0.25, -0.2) is 4.98 Å². The maximum atomic E-state index is 11.8. The summed E-state index contributed by atoms with van der Waals surface area (Å²) < 4.78 is 0. The van der Waals surface area contributed by atoms with Crippen LogP contribution in [0.5, 0.6) is 0 Å². The molecule has 3 N–H and O–H groups in total. The maximum Gasteiger partial charge on any atom is 0.303 e. The van der Waals surface area contributed by atoms with E-state index in [-0.39, 0.29) is 24.0 Å². The average molecular weight is 271 g/mol. The number of amides is 1. The number of carboxylic acids is 1. The topological polar surface area (TPSA) is 104 Å². The van der Waals surface area contributed by atoms with E-state index < -0.39 is 12.0 Å². The molecular formula is C10H11ClN4O3. The Balaban J connectivity index is 2.21. The van der Waals surface area contributed by atoms with Crippen molar-refractivity contribution in [1.82, 2.24) is 9.97 Å². The molecule has 0 aromatic carbocycles. The minimum atomic E-state index is -0.952. The van der Waals surface area contributed by atoms with Crippen LogP contribution in [0.4, 0.5) is 11.5 Å². The quantitative estimate of drug-likeness (QED) is 0.709. The van der Waals surface area contributed by atoms with Gasteiger partial charge in [0.05, 0.1) is 5.69 Å². The molecule has 1 aliphatic heterocycles. The molecule has 0 aliphatic carbocycles. The summed E-state index contributed by atoms with van der Waals surface area (Å²) in [6.07, 6.45) is 0.0828. The highest BCUT2D eigenvalue weighted by Gasteiger charge is 2.28. The molecule has 0 saturated carbocycles. The van der Waals surface area contributed by atoms with Crippen LogP contribution >= 0.6 is 11.6 Å². The molecule has 7 nitrogen and oxygen atoms in total. The number of anilines is 2. The average Bonchev–Trinajstić information content (AvgIpc) is 2.27. The Morgan fingerprint density at radius 3 is 2.89 bits per heavy atom. The number of hydrogen-bond donors (Lipinski definition) is 3. The van der Waals surface area contributed by atoms with E-state index in [0.29, 0.717) is 17.2 Å². The first-order chi connectivity index (χ1) is 8.47. The third kappa shape index (κ3) is 2.51. The number of aryl methyl sites for hydroxylation is 1. The number of nitrogens with one attached hydrogen (secondary N) is 2. The summed E-state index contributed by atoms with van der Waals surface area (Å²) in [5.74, 6) is -0.826. The minimum absolute atomic E-state index is 0.0758. The number of hydrogen-bond acceptors (Lipinski definition) is 5. The summed E-state index contributed by atoms with van der Waals surface area (Å²) in [5, 5.41) is 14.2. The van der Waals surface area contributed by atoms with Crippen molar-refractivity contribution < 1.29 is 14.7 Å². The standard InChI is InChI=1S/C10H11ClN4O3/c1-4-7-8(15-10(11)12-4)13-5(9(18)14-7)2-3-6(16)17/h5H,2-3H2,1H3,(H,14,18)(H,16,17)(H,12,13,15). The first kappa shape index (κ1) is 12.6. The number of nitrogens with zero attached hydrogens (tertiary/aromatic N) is 2. The highest BCUT2D eigenvalue weighted by molar-refractivity contribution is 6.28. The predicted octanol–water partition coefficient (Wildman–Crippen LogP) is 1.04. The molecule has 1 aliphatic rings. The Hall–Kier alpha value is -1.89. The minimum Gasteiger partial charge on any atom is -0.481 e. The van der Waals surface area contributed by atoms with Crippen molar-refractivity contribution in [3.05, 3.63) is 11.0 Å². The number of aromatic nitrogens is 2. The van der Waals surface area contributed by atoms with Crippen LogP contribution < -0.4 is 10.6 Å². The molecular weight excluding hydrogens is 260 g/mol. The monoisotopic (exact) mass is 270 g/mol. The third-order valence-corrected chi connectivity index (χ3v) is 2.75. The Labute approximate surface area is 108 Å². The van der Waals surface area contributed by atoms with Gasteiger partial charge in [0, 0.05) is 6.42 Å². The summed E-state index contributed by atoms with van der Waals surface area (Å²) >= 11 is 5.72. The van der Waals surface area contributed by atoms with Gasteiger partial charge in [-0.05, 0) is 24.9 Å². The fourth-order valence-corrected chi connectivity index (χ4v) is 1.92. The van der Waals surface area contributed by atoms with Crippen molar-refractivity contribution in [3.63, 3.8) is 0 Å². The van der Waals surface area contributed by atoms with Crippen LogP contribution in [0.15, 0.2) is 0 Å². The number of halogens is 1. The van der Waals surface area contributed by atoms with Gasteiger partial charge in [-0.3, -0.25) is 9.59 Å². The number of carbonyl (C=O) groups is 2. The van der Waals surface area contributed by atoms with E-state index in [4.69, 9.17) is 16.7 Å². The summed E-state index contributed by atoms with van der Waals surface area (Å²) in [5.41, 5.74) is 1.04. The number of rotatable bonds is 3. The molecule has 0 spiro atoms. The van der Waals surface area contributed by atoms with Gasteiger partial charge in [0.1, 0.15) is 11.7 Å². The van der Waals surface area contributed by atoms with Crippen LogP contribution in [0.3, 0.4) is 0 Å². The third-order valence-electron chi connectivity index (χ3n) is 2.59. The SMILES string of the molecule is Cc1nc(Cl)nc2c1NC(=O)C(CCC(=O)O)N2. The van der Waals surface area contributed by atoms with Crippen molar-refractivity contribution in [2.75, 3.05) is 10.6 Å². The molecule has 1 aromatic heterocycles. The molecule has 18 heavy (non-hydrogen) atoms. The second-order valence-electron chi connectivity index (χ2n) is 3.92. The molecule has 0 radical (unpaired) electrons. The summed E-state index contributed by atoms with van der Waals surface area (Å²) in [6.45, 7) is 1.70. The van der Waals surface area contributed by atoms with Crippen LogP contribution in [0, 0.1) is 6.92 Å². The van der Waals surface area contributed by atoms with Crippen LogP contribution in [0.2, 0.25) is 5.28 Å². The predicted molar refractivity (Wildman–Crippen MR) is 64.7 cm³/mol. The molecule has 0 saturated heterocycles. The molecule has 1 unspecified atom stereocenters. The largest absolute Gasteiger partial charge is 0.481 e. The molecule has 1 aromatic rings. The lowest BCUT2D eigenvalue weighted by molar-refractivity contribution is -0.137. The molecule has 0 fully saturated rings. The lowest BCUT2D eigenvalue weighted by Crippen LogP contribution is -2.40. The van der Waals surface area contributed by atoms with Crippen molar-refractivity contribution in [2.24, 2.45) is 0 Å². The van der Waals surface area contributed by atoms with Gasteiger partial charge < -0.3 is 15.7 Å². The first-order valence-corrected chi connectivity index (χ1v) is 5.68. The smallest absolute Gasteiger partial charge is 0.303 e. The van der Waals surface area contributed by atoms with E-state index in [1.165, 1.54) is 0 Å². The van der Waals surface area contributed by atoms with E-state index >= 15 is 0 Å². The van der Waals surface area contributed by atoms with Crippen LogP contribution in [-0.4, -0.2) is 33.0 Å². The number of carbonyl (C=O) groups excluding carboxylic acids is 1. The van der Waals surface area contributed by atoms with E-state index in [1.807, 2.05) is 0 Å². The zero-order chi connectivity index (χ0) is 13.3. The second kappa shape index (κ2) is 4.77. The lowest BCUT2D eigenvalue weighted by Gasteiger charge is -2.26. The Morgan fingerprint density at radius 2 is 2.22 bits per heavy atom. The molecule has 0 bridgehead atoms. The summed E-state index contributed by atoms with van der Waals surface area (Å²) in [6, 6.07) is -0.626. The highest BCUT2D eigenvalue weighted by atomic mass is 35.5. The Morgan fingerprint density at radius 1 is 1.50 bits per heavy atom. The van der Waals surface area contributed by atoms with E-state index in [9.17, 15) is 9.59 Å². The molecule has 96 valence electrons. The zero-order valence-electron chi connectivity index (χ0n) is 9.53. The molecule has 2 rings (SSSR count). The van der Waals surface area contributed by atoms with Gasteiger partial charge in [0.15, 0.2) is 5.82 Å². The Kier molecular flexibility index (Phi) is 3.33. The van der Waals surface area contributed by atoms with Gasteiger partial charge in [-0.1, -0.05) is 0 Å². The molecule has 1 amide bonds. The van der Waals surface area contributed by atoms with Gasteiger partial charge in [0.25, 0.3) is 0 Å². The maximum absolute atomic E-state index is 11.8. The fraction of sp³-hybridized carbons (Fsp3) is 0.400. The van der Waals surface area contributed by atoms with Crippen molar-refractivity contribution >= 4 is 35.0 Å². The number of aliphatic carboxylic acids is 1. The number of fused-ring (bicyclic) bond motifs is 1. The van der Waals surface area contributed by atoms with E-state index in [2.05, 4.69) is 20.6 Å². The highest BCUT2D eigenvalue weighted by Crippen LogP contribution is 2.29. The van der Waals surface area contributed by atoms with Gasteiger partial charge in [-0.15, -0.1) is 0 Å². The fourth-order valence-electron chi connectivity index (χ4n) is 1.70. The van der Waals surface area contributed by atoms with Crippen LogP contribution in [-0.2, 0) is 9.59 Å². The molecule has 2 heterocycles. The summed E-state index contributed by atoms with van der Waals surface area (Å²) in [4.78, 5) is 30.1. The normalized spacial score (nSPS) is 17.7. The zero-order valence-corrected chi connectivity index (χ0v) is 10.3. The van der Waals surface area contributed by atoms with E-state index in [0.717, 1.165) is 0 Å². The second-order valence-corrected chi connectivity index (χ2v) is 4.26. The van der Waals surface area contributed by atoms with Crippen molar-refractivity contribution in [1.29, 1.82) is 0 Å². The van der Waals surface area contributed by atoms with Gasteiger partial charge >= 0.3 is 5.97 Å². The number of carboxylic acid groups (broad SMARTS) is 1. The van der Waals surface area contributed by atoms with Gasteiger partial charge in [0.2, 0.25) is 11.2 Å².